The fourth-order valence-corrected chi connectivity index (χ4v) is 5.21. The van der Waals surface area contributed by atoms with Crippen molar-refractivity contribution in [2.24, 2.45) is 11.8 Å². The maximum Gasteiger partial charge on any atom is 0.407 e. The second-order valence-corrected chi connectivity index (χ2v) is 12.1. The number of ether oxygens (including phenoxy) is 1. The standard InChI is InChI=1S/C31H46N4O9S/c1-19(2)17-44-31(43)35-23(12-13-26(36)37)28(39)33-24(16-21-6-4-3-5-7-21)29(40)34-25(18-45)27(38)32-15-14-20-8-10-22(11-9-20)30(41)42/h8-11,19,21,23-25,45H,3-7,12-18H2,1-2H3,(H,32,38)(H,33,39)(H,34,40)(H,35,43)(H,36,37)(H,41,42)/t23-,24-,25-/m0/s1. The van der Waals surface area contributed by atoms with Crippen LogP contribution in [0, 0.1) is 11.8 Å². The second kappa shape index (κ2) is 19.6. The summed E-state index contributed by atoms with van der Waals surface area (Å²) in [6.45, 7) is 4.03. The highest BCUT2D eigenvalue weighted by molar-refractivity contribution is 7.80. The highest BCUT2D eigenvalue weighted by Crippen LogP contribution is 2.27. The lowest BCUT2D eigenvalue weighted by atomic mass is 9.84. The molecule has 1 fully saturated rings. The van der Waals surface area contributed by atoms with Crippen molar-refractivity contribution in [3.63, 3.8) is 0 Å². The van der Waals surface area contributed by atoms with Crippen molar-refractivity contribution in [3.05, 3.63) is 35.4 Å². The Labute approximate surface area is 269 Å². The fraction of sp³-hybridized carbons (Fsp3) is 0.613. The Kier molecular flexibility index (Phi) is 16.2. The van der Waals surface area contributed by atoms with Crippen molar-refractivity contribution in [1.82, 2.24) is 21.3 Å². The molecule has 3 atom stereocenters. The summed E-state index contributed by atoms with van der Waals surface area (Å²) in [4.78, 5) is 74.3. The van der Waals surface area contributed by atoms with Gasteiger partial charge in [-0.25, -0.2) is 9.59 Å². The first-order valence-corrected chi connectivity index (χ1v) is 16.0. The van der Waals surface area contributed by atoms with Crippen LogP contribution in [0.3, 0.4) is 0 Å². The van der Waals surface area contributed by atoms with Crippen LogP contribution in [-0.2, 0) is 30.3 Å². The molecule has 0 aromatic heterocycles. The summed E-state index contributed by atoms with van der Waals surface area (Å²) in [7, 11) is 0. The smallest absolute Gasteiger partial charge is 0.407 e. The zero-order valence-corrected chi connectivity index (χ0v) is 26.8. The lowest BCUT2D eigenvalue weighted by Gasteiger charge is -2.29. The van der Waals surface area contributed by atoms with Crippen LogP contribution < -0.4 is 21.3 Å². The average Bonchev–Trinajstić information content (AvgIpc) is 3.00. The fourth-order valence-electron chi connectivity index (χ4n) is 4.96. The Hall–Kier alpha value is -3.81. The summed E-state index contributed by atoms with van der Waals surface area (Å²) in [6.07, 6.45) is 4.12. The molecule has 0 aliphatic heterocycles. The minimum atomic E-state index is -1.25. The van der Waals surface area contributed by atoms with Gasteiger partial charge in [0.1, 0.15) is 18.1 Å². The van der Waals surface area contributed by atoms with Crippen molar-refractivity contribution in [3.8, 4) is 0 Å². The first-order chi connectivity index (χ1) is 21.4. The van der Waals surface area contributed by atoms with E-state index < -0.39 is 60.3 Å². The molecule has 0 unspecified atom stereocenters. The number of thiol groups is 1. The molecular formula is C31H46N4O9S. The summed E-state index contributed by atoms with van der Waals surface area (Å²) >= 11 is 4.24. The van der Waals surface area contributed by atoms with E-state index in [4.69, 9.17) is 9.84 Å². The number of carboxylic acid groups (broad SMARTS) is 2. The van der Waals surface area contributed by atoms with E-state index in [-0.39, 0.29) is 42.7 Å². The molecule has 250 valence electrons. The SMILES string of the molecule is CC(C)COC(=O)N[C@@H](CCC(=O)O)C(=O)N[C@@H](CC1CCCCC1)C(=O)N[C@@H](CS)C(=O)NCCc1ccc(C(=O)O)cc1. The topological polar surface area (TPSA) is 200 Å². The zero-order valence-electron chi connectivity index (χ0n) is 25.9. The number of carbonyl (C=O) groups is 6. The summed E-state index contributed by atoms with van der Waals surface area (Å²) in [5.41, 5.74) is 0.978. The van der Waals surface area contributed by atoms with Crippen LogP contribution in [0.25, 0.3) is 0 Å². The predicted molar refractivity (Wildman–Crippen MR) is 169 cm³/mol. The van der Waals surface area contributed by atoms with Crippen molar-refractivity contribution >= 4 is 48.4 Å². The quantitative estimate of drug-likeness (QED) is 0.117. The van der Waals surface area contributed by atoms with Crippen molar-refractivity contribution in [2.45, 2.75) is 89.8 Å². The first kappa shape index (κ1) is 37.4. The molecule has 0 bridgehead atoms. The maximum atomic E-state index is 13.5. The highest BCUT2D eigenvalue weighted by Gasteiger charge is 2.32. The molecule has 6 N–H and O–H groups in total. The molecule has 1 aliphatic carbocycles. The molecule has 0 heterocycles. The van der Waals surface area contributed by atoms with Gasteiger partial charge in [0.05, 0.1) is 12.2 Å². The van der Waals surface area contributed by atoms with E-state index in [9.17, 15) is 33.9 Å². The highest BCUT2D eigenvalue weighted by atomic mass is 32.1. The molecule has 45 heavy (non-hydrogen) atoms. The van der Waals surface area contributed by atoms with Crippen LogP contribution >= 0.6 is 12.6 Å². The van der Waals surface area contributed by atoms with Gasteiger partial charge in [0.25, 0.3) is 0 Å². The Morgan fingerprint density at radius 1 is 0.867 bits per heavy atom. The summed E-state index contributed by atoms with van der Waals surface area (Å²) in [5, 5.41) is 28.7. The van der Waals surface area contributed by atoms with E-state index in [0.29, 0.717) is 12.8 Å². The molecule has 0 radical (unpaired) electrons. The van der Waals surface area contributed by atoms with Gasteiger partial charge in [-0.2, -0.15) is 12.6 Å². The Morgan fingerprint density at radius 2 is 1.49 bits per heavy atom. The summed E-state index contributed by atoms with van der Waals surface area (Å²) in [5.74, 6) is -3.78. The van der Waals surface area contributed by atoms with Crippen LogP contribution in [0.2, 0.25) is 0 Å². The average molecular weight is 651 g/mol. The van der Waals surface area contributed by atoms with Crippen molar-refractivity contribution in [1.29, 1.82) is 0 Å². The number of benzene rings is 1. The zero-order chi connectivity index (χ0) is 33.4. The molecule has 1 saturated carbocycles. The van der Waals surface area contributed by atoms with E-state index >= 15 is 0 Å². The predicted octanol–water partition coefficient (Wildman–Crippen LogP) is 2.53. The van der Waals surface area contributed by atoms with Crippen LogP contribution in [0.15, 0.2) is 24.3 Å². The largest absolute Gasteiger partial charge is 0.481 e. The van der Waals surface area contributed by atoms with Gasteiger partial charge in [0, 0.05) is 18.7 Å². The third-order valence-electron chi connectivity index (χ3n) is 7.46. The molecule has 0 saturated heterocycles. The van der Waals surface area contributed by atoms with E-state index in [0.717, 1.165) is 37.7 Å². The van der Waals surface area contributed by atoms with Gasteiger partial charge in [-0.15, -0.1) is 0 Å². The Morgan fingerprint density at radius 3 is 2.07 bits per heavy atom. The third kappa shape index (κ3) is 14.2. The second-order valence-electron chi connectivity index (χ2n) is 11.7. The molecule has 0 spiro atoms. The van der Waals surface area contributed by atoms with Crippen molar-refractivity contribution < 1.29 is 43.7 Å². The van der Waals surface area contributed by atoms with Gasteiger partial charge < -0.3 is 36.2 Å². The summed E-state index contributed by atoms with van der Waals surface area (Å²) in [6, 6.07) is 2.98. The monoisotopic (exact) mass is 650 g/mol. The number of amides is 4. The molecule has 1 aromatic rings. The normalized spacial score (nSPS) is 15.3. The van der Waals surface area contributed by atoms with Crippen LogP contribution in [0.1, 0.15) is 81.1 Å². The molecular weight excluding hydrogens is 604 g/mol. The number of aromatic carboxylic acids is 1. The molecule has 14 heteroatoms. The molecule has 4 amide bonds. The summed E-state index contributed by atoms with van der Waals surface area (Å²) < 4.78 is 5.10. The van der Waals surface area contributed by atoms with Crippen LogP contribution in [-0.4, -0.2) is 83.0 Å². The number of aliphatic carboxylic acids is 1. The molecule has 1 aromatic carbocycles. The molecule has 13 nitrogen and oxygen atoms in total. The van der Waals surface area contributed by atoms with E-state index in [1.165, 1.54) is 12.1 Å². The minimum absolute atomic E-state index is 0.0144. The Balaban J connectivity index is 2.08. The number of nitrogens with one attached hydrogen (secondary N) is 4. The minimum Gasteiger partial charge on any atom is -0.481 e. The van der Waals surface area contributed by atoms with Gasteiger partial charge in [0.2, 0.25) is 17.7 Å². The number of hydrogen-bond donors (Lipinski definition) is 7. The number of rotatable bonds is 18. The van der Waals surface area contributed by atoms with Gasteiger partial charge >= 0.3 is 18.0 Å². The van der Waals surface area contributed by atoms with Crippen molar-refractivity contribution in [2.75, 3.05) is 18.9 Å². The lowest BCUT2D eigenvalue weighted by molar-refractivity contribution is -0.137. The van der Waals surface area contributed by atoms with Gasteiger partial charge in [-0.1, -0.05) is 58.1 Å². The van der Waals surface area contributed by atoms with Crippen LogP contribution in [0.4, 0.5) is 4.79 Å². The van der Waals surface area contributed by atoms with Gasteiger partial charge in [-0.3, -0.25) is 19.2 Å². The van der Waals surface area contributed by atoms with E-state index in [1.807, 2.05) is 13.8 Å². The third-order valence-corrected chi connectivity index (χ3v) is 7.82. The maximum absolute atomic E-state index is 13.5. The number of carbonyl (C=O) groups excluding carboxylic acids is 4. The molecule has 1 aliphatic rings. The van der Waals surface area contributed by atoms with E-state index in [2.05, 4.69) is 33.9 Å². The number of alkyl carbamates (subject to hydrolysis) is 1. The molecule has 2 rings (SSSR count). The van der Waals surface area contributed by atoms with Gasteiger partial charge in [-0.05, 0) is 48.8 Å². The number of carboxylic acids is 2. The van der Waals surface area contributed by atoms with Gasteiger partial charge in [0.15, 0.2) is 0 Å². The van der Waals surface area contributed by atoms with Crippen LogP contribution in [0.5, 0.6) is 0 Å². The lowest BCUT2D eigenvalue weighted by Crippen LogP contribution is -2.57. The first-order valence-electron chi connectivity index (χ1n) is 15.4. The van der Waals surface area contributed by atoms with E-state index in [1.54, 1.807) is 12.1 Å². The number of hydrogen-bond acceptors (Lipinski definition) is 8. The Bertz CT molecular complexity index is 1160.